The number of rotatable bonds is 6. The van der Waals surface area contributed by atoms with Crippen molar-refractivity contribution in [2.75, 3.05) is 13.2 Å². The zero-order valence-electron chi connectivity index (χ0n) is 22.9. The second kappa shape index (κ2) is 11.5. The first-order chi connectivity index (χ1) is 18.0. The summed E-state index contributed by atoms with van der Waals surface area (Å²) in [6.07, 6.45) is -0.525. The highest BCUT2D eigenvalue weighted by Gasteiger charge is 2.45. The van der Waals surface area contributed by atoms with Crippen molar-refractivity contribution >= 4 is 8.32 Å². The summed E-state index contributed by atoms with van der Waals surface area (Å²) in [5.41, 5.74) is 2.78. The third-order valence-electron chi connectivity index (χ3n) is 7.55. The molecule has 3 aromatic carbocycles. The molecule has 0 bridgehead atoms. The van der Waals surface area contributed by atoms with Gasteiger partial charge in [-0.25, -0.2) is 4.39 Å². The van der Waals surface area contributed by atoms with Gasteiger partial charge in [-0.1, -0.05) is 99.5 Å². The molecule has 4 nitrogen and oxygen atoms in total. The van der Waals surface area contributed by atoms with Gasteiger partial charge in [0.15, 0.2) is 8.32 Å². The number of morpholine rings is 1. The quantitative estimate of drug-likeness (QED) is 0.279. The van der Waals surface area contributed by atoms with E-state index in [0.717, 1.165) is 16.7 Å². The Morgan fingerprint density at radius 2 is 1.63 bits per heavy atom. The van der Waals surface area contributed by atoms with Crippen LogP contribution in [0.15, 0.2) is 84.9 Å². The van der Waals surface area contributed by atoms with Gasteiger partial charge in [-0.3, -0.25) is 4.90 Å². The van der Waals surface area contributed by atoms with Gasteiger partial charge in [0.25, 0.3) is 5.79 Å². The summed E-state index contributed by atoms with van der Waals surface area (Å²) >= 11 is 0. The number of halogens is 1. The topological polar surface area (TPSA) is 41.9 Å². The Morgan fingerprint density at radius 3 is 2.24 bits per heavy atom. The molecule has 3 aromatic rings. The highest BCUT2D eigenvalue weighted by molar-refractivity contribution is 6.74. The molecule has 0 aromatic heterocycles. The molecule has 1 aliphatic heterocycles. The summed E-state index contributed by atoms with van der Waals surface area (Å²) in [4.78, 5) is 2.15. The van der Waals surface area contributed by atoms with Crippen LogP contribution in [0, 0.1) is 17.7 Å². The highest BCUT2D eigenvalue weighted by Crippen LogP contribution is 2.41. The van der Waals surface area contributed by atoms with Crippen molar-refractivity contribution < 1.29 is 18.7 Å². The van der Waals surface area contributed by atoms with Crippen LogP contribution in [-0.2, 0) is 15.7 Å². The molecule has 1 fully saturated rings. The van der Waals surface area contributed by atoms with Crippen molar-refractivity contribution in [2.45, 2.75) is 63.4 Å². The number of hydrogen-bond acceptors (Lipinski definition) is 4. The highest BCUT2D eigenvalue weighted by atomic mass is 28.4. The van der Waals surface area contributed by atoms with E-state index < -0.39 is 26.3 Å². The van der Waals surface area contributed by atoms with Gasteiger partial charge in [-0.15, -0.1) is 0 Å². The predicted octanol–water partition coefficient (Wildman–Crippen LogP) is 6.85. The molecule has 0 radical (unpaired) electrons. The fourth-order valence-corrected chi connectivity index (χ4v) is 5.54. The monoisotopic (exact) mass is 531 g/mol. The standard InChI is InChI=1S/C32H38FNO3Si/c1-31(2,3)38(4,5)37-29(26-14-10-7-11-15-26)20-21-32(35)30(27-16-18-28(33)19-17-27)34(22-23-36-32)24-25-12-8-6-9-13-25/h6-19,29-30,35H,22-24H2,1-5H3. The number of benzene rings is 3. The van der Waals surface area contributed by atoms with Gasteiger partial charge in [-0.2, -0.15) is 0 Å². The zero-order valence-corrected chi connectivity index (χ0v) is 23.9. The van der Waals surface area contributed by atoms with Crippen molar-refractivity contribution in [1.82, 2.24) is 4.90 Å². The normalized spacial score (nSPS) is 21.4. The van der Waals surface area contributed by atoms with Crippen LogP contribution in [0.2, 0.25) is 18.1 Å². The Bertz CT molecular complexity index is 1250. The van der Waals surface area contributed by atoms with Gasteiger partial charge in [0.2, 0.25) is 0 Å². The van der Waals surface area contributed by atoms with E-state index in [-0.39, 0.29) is 10.9 Å². The van der Waals surface area contributed by atoms with Crippen molar-refractivity contribution in [1.29, 1.82) is 0 Å². The summed E-state index contributed by atoms with van der Waals surface area (Å²) in [5, 5.41) is 12.0. The fraction of sp³-hybridized carbons (Fsp3) is 0.375. The van der Waals surface area contributed by atoms with E-state index in [9.17, 15) is 9.50 Å². The summed E-state index contributed by atoms with van der Waals surface area (Å²) in [5.74, 6) is 4.21. The van der Waals surface area contributed by atoms with Crippen LogP contribution >= 0.6 is 0 Å². The summed E-state index contributed by atoms with van der Waals surface area (Å²) in [6, 6.07) is 25.6. The molecule has 1 N–H and O–H groups in total. The Balaban J connectivity index is 1.74. The smallest absolute Gasteiger partial charge is 0.251 e. The Morgan fingerprint density at radius 1 is 1.03 bits per heavy atom. The predicted molar refractivity (Wildman–Crippen MR) is 152 cm³/mol. The first kappa shape index (κ1) is 28.2. The van der Waals surface area contributed by atoms with Crippen molar-refractivity contribution in [2.24, 2.45) is 0 Å². The van der Waals surface area contributed by atoms with Gasteiger partial charge in [0.05, 0.1) is 6.61 Å². The van der Waals surface area contributed by atoms with Crippen molar-refractivity contribution in [3.05, 3.63) is 107 Å². The number of hydrogen-bond donors (Lipinski definition) is 1. The minimum absolute atomic E-state index is 0.0108. The third-order valence-corrected chi connectivity index (χ3v) is 12.0. The van der Waals surface area contributed by atoms with Crippen LogP contribution < -0.4 is 0 Å². The molecule has 6 heteroatoms. The van der Waals surface area contributed by atoms with E-state index >= 15 is 0 Å². The molecular formula is C32H38FNO3Si. The lowest BCUT2D eigenvalue weighted by Crippen LogP contribution is -2.53. The molecule has 0 saturated carbocycles. The number of ether oxygens (including phenoxy) is 1. The first-order valence-electron chi connectivity index (χ1n) is 13.1. The lowest BCUT2D eigenvalue weighted by molar-refractivity contribution is -0.235. The summed E-state index contributed by atoms with van der Waals surface area (Å²) in [6.45, 7) is 12.5. The molecule has 1 aliphatic rings. The molecule has 38 heavy (non-hydrogen) atoms. The van der Waals surface area contributed by atoms with Crippen LogP contribution in [0.1, 0.15) is 49.6 Å². The fourth-order valence-electron chi connectivity index (χ4n) is 4.40. The van der Waals surface area contributed by atoms with E-state index in [1.807, 2.05) is 48.5 Å². The van der Waals surface area contributed by atoms with E-state index in [1.54, 1.807) is 12.1 Å². The molecule has 1 heterocycles. The van der Waals surface area contributed by atoms with E-state index in [2.05, 4.69) is 62.7 Å². The number of aliphatic hydroxyl groups is 1. The molecule has 200 valence electrons. The van der Waals surface area contributed by atoms with Crippen LogP contribution in [0.4, 0.5) is 4.39 Å². The van der Waals surface area contributed by atoms with Crippen LogP contribution in [0.3, 0.4) is 0 Å². The minimum atomic E-state index is -2.19. The maximum Gasteiger partial charge on any atom is 0.251 e. The molecule has 3 atom stereocenters. The first-order valence-corrected chi connectivity index (χ1v) is 16.0. The van der Waals surface area contributed by atoms with Crippen molar-refractivity contribution in [3.63, 3.8) is 0 Å². The summed E-state index contributed by atoms with van der Waals surface area (Å²) < 4.78 is 26.6. The Kier molecular flexibility index (Phi) is 8.56. The van der Waals surface area contributed by atoms with Gasteiger partial charge in [0.1, 0.15) is 18.0 Å². The average Bonchev–Trinajstić information content (AvgIpc) is 2.88. The van der Waals surface area contributed by atoms with E-state index in [4.69, 9.17) is 9.16 Å². The lowest BCUT2D eigenvalue weighted by Gasteiger charge is -2.44. The average molecular weight is 532 g/mol. The maximum absolute atomic E-state index is 13.8. The Labute approximate surface area is 227 Å². The van der Waals surface area contributed by atoms with Crippen molar-refractivity contribution in [3.8, 4) is 11.8 Å². The summed E-state index contributed by atoms with van der Waals surface area (Å²) in [7, 11) is -2.19. The lowest BCUT2D eigenvalue weighted by atomic mass is 9.94. The zero-order chi connectivity index (χ0) is 27.4. The maximum atomic E-state index is 13.8. The van der Waals surface area contributed by atoms with Gasteiger partial charge in [-0.05, 0) is 52.9 Å². The second-order valence-electron chi connectivity index (χ2n) is 11.4. The Hall–Kier alpha value is -2.79. The molecule has 3 unspecified atom stereocenters. The molecule has 1 saturated heterocycles. The van der Waals surface area contributed by atoms with E-state index in [1.165, 1.54) is 12.1 Å². The largest absolute Gasteiger partial charge is 0.399 e. The minimum Gasteiger partial charge on any atom is -0.399 e. The molecule has 4 rings (SSSR count). The molecule has 0 aliphatic carbocycles. The molecule has 0 amide bonds. The van der Waals surface area contributed by atoms with Crippen LogP contribution in [0.25, 0.3) is 0 Å². The SMILES string of the molecule is CC(C)(C)[Si](C)(C)OC(C#CC1(O)OCCN(Cc2ccccc2)C1c1ccc(F)cc1)c1ccccc1. The third kappa shape index (κ3) is 6.61. The second-order valence-corrected chi connectivity index (χ2v) is 16.1. The van der Waals surface area contributed by atoms with Gasteiger partial charge in [0, 0.05) is 13.1 Å². The molecular weight excluding hydrogens is 493 g/mol. The van der Waals surface area contributed by atoms with Gasteiger partial charge < -0.3 is 14.3 Å². The van der Waals surface area contributed by atoms with Crippen LogP contribution in [-0.4, -0.2) is 37.3 Å². The number of nitrogens with zero attached hydrogens (tertiary/aromatic N) is 1. The molecule has 0 spiro atoms. The van der Waals surface area contributed by atoms with Gasteiger partial charge >= 0.3 is 0 Å². The van der Waals surface area contributed by atoms with Crippen LogP contribution in [0.5, 0.6) is 0 Å². The van der Waals surface area contributed by atoms with E-state index in [0.29, 0.717) is 19.7 Å².